The molecule has 2 heterocycles. The van der Waals surface area contributed by atoms with E-state index in [0.29, 0.717) is 27.7 Å². The van der Waals surface area contributed by atoms with Gasteiger partial charge in [0.15, 0.2) is 0 Å². The van der Waals surface area contributed by atoms with Gasteiger partial charge in [0.25, 0.3) is 5.56 Å². The van der Waals surface area contributed by atoms with E-state index in [1.807, 2.05) is 23.5 Å². The lowest BCUT2D eigenvalue weighted by molar-refractivity contribution is 0.851. The number of H-pyrrole nitrogens is 1. The van der Waals surface area contributed by atoms with E-state index >= 15 is 0 Å². The van der Waals surface area contributed by atoms with Gasteiger partial charge in [-0.2, -0.15) is 11.8 Å². The van der Waals surface area contributed by atoms with Crippen molar-refractivity contribution < 1.29 is 0 Å². The molecule has 1 aliphatic rings. The van der Waals surface area contributed by atoms with Crippen molar-refractivity contribution in [1.82, 2.24) is 9.97 Å². The Balaban J connectivity index is 2.26. The van der Waals surface area contributed by atoms with Crippen molar-refractivity contribution in [2.45, 2.75) is 36.5 Å². The predicted octanol–water partition coefficient (Wildman–Crippen LogP) is 1.96. The number of nitrogen functional groups attached to an aromatic ring is 1. The molecule has 3 unspecified atom stereocenters. The number of aromatic nitrogens is 2. The first-order valence-corrected chi connectivity index (χ1v) is 7.61. The van der Waals surface area contributed by atoms with Crippen LogP contribution in [0.5, 0.6) is 0 Å². The number of nitrogens with two attached hydrogens (primary N) is 1. The molecule has 0 radical (unpaired) electrons. The summed E-state index contributed by atoms with van der Waals surface area (Å²) in [6, 6.07) is 0. The molecule has 3 N–H and O–H groups in total. The van der Waals surface area contributed by atoms with Crippen molar-refractivity contribution in [3.05, 3.63) is 21.7 Å². The lowest BCUT2D eigenvalue weighted by Gasteiger charge is -2.30. The molecule has 4 nitrogen and oxygen atoms in total. The highest BCUT2D eigenvalue weighted by Crippen LogP contribution is 2.43. The molecule has 17 heavy (non-hydrogen) atoms. The summed E-state index contributed by atoms with van der Waals surface area (Å²) in [5.41, 5.74) is 6.13. The van der Waals surface area contributed by atoms with Gasteiger partial charge in [0.05, 0.1) is 10.8 Å². The zero-order valence-corrected chi connectivity index (χ0v) is 11.8. The van der Waals surface area contributed by atoms with Gasteiger partial charge in [0.2, 0.25) is 0 Å². The van der Waals surface area contributed by atoms with Gasteiger partial charge in [0, 0.05) is 16.3 Å². The first-order chi connectivity index (χ1) is 7.99. The maximum atomic E-state index is 11.7. The Hall–Kier alpha value is -0.620. The minimum Gasteiger partial charge on any atom is -0.383 e. The van der Waals surface area contributed by atoms with Crippen LogP contribution in [0.2, 0.25) is 0 Å². The van der Waals surface area contributed by atoms with Gasteiger partial charge >= 0.3 is 0 Å². The quantitative estimate of drug-likeness (QED) is 0.817. The standard InChI is InChI=1S/C11H17N3OS2/c1-5-9(12)13-10(14-11(5)15)8-4-16-6(2)7(3)17-8/h6-8H,4H2,1-3H3,(H3,12,13,14,15). The van der Waals surface area contributed by atoms with E-state index in [1.165, 1.54) is 0 Å². The Bertz CT molecular complexity index is 474. The third kappa shape index (κ3) is 2.63. The van der Waals surface area contributed by atoms with Crippen molar-refractivity contribution in [2.75, 3.05) is 11.5 Å². The Morgan fingerprint density at radius 1 is 1.41 bits per heavy atom. The molecular formula is C11H17N3OS2. The summed E-state index contributed by atoms with van der Waals surface area (Å²) in [5, 5.41) is 1.44. The van der Waals surface area contributed by atoms with Crippen molar-refractivity contribution >= 4 is 29.3 Å². The summed E-state index contributed by atoms with van der Waals surface area (Å²) in [6.45, 7) is 6.14. The van der Waals surface area contributed by atoms with Crippen molar-refractivity contribution in [2.24, 2.45) is 0 Å². The maximum absolute atomic E-state index is 11.7. The van der Waals surface area contributed by atoms with E-state index in [9.17, 15) is 4.79 Å². The molecule has 1 aromatic rings. The van der Waals surface area contributed by atoms with Gasteiger partial charge in [-0.05, 0) is 6.92 Å². The lowest BCUT2D eigenvalue weighted by atomic mass is 10.3. The topological polar surface area (TPSA) is 71.8 Å². The smallest absolute Gasteiger partial charge is 0.255 e. The molecule has 2 rings (SSSR count). The molecule has 0 bridgehead atoms. The van der Waals surface area contributed by atoms with Gasteiger partial charge in [-0.3, -0.25) is 4.79 Å². The molecule has 3 atom stereocenters. The second-order valence-corrected chi connectivity index (χ2v) is 7.32. The molecule has 1 aliphatic heterocycles. The normalized spacial score (nSPS) is 29.2. The minimum absolute atomic E-state index is 0.121. The van der Waals surface area contributed by atoms with Crippen molar-refractivity contribution in [3.63, 3.8) is 0 Å². The van der Waals surface area contributed by atoms with Crippen LogP contribution in [0.25, 0.3) is 0 Å². The van der Waals surface area contributed by atoms with Crippen LogP contribution in [0.3, 0.4) is 0 Å². The van der Waals surface area contributed by atoms with Gasteiger partial charge in [-0.15, -0.1) is 11.8 Å². The highest BCUT2D eigenvalue weighted by molar-refractivity contribution is 8.07. The van der Waals surface area contributed by atoms with Gasteiger partial charge in [-0.25, -0.2) is 4.98 Å². The Labute approximate surface area is 109 Å². The fourth-order valence-corrected chi connectivity index (χ4v) is 4.51. The number of nitrogens with one attached hydrogen (secondary N) is 1. The average molecular weight is 271 g/mol. The monoisotopic (exact) mass is 271 g/mol. The van der Waals surface area contributed by atoms with Crippen LogP contribution < -0.4 is 11.3 Å². The Morgan fingerprint density at radius 3 is 2.71 bits per heavy atom. The summed E-state index contributed by atoms with van der Waals surface area (Å²) in [4.78, 5) is 18.8. The summed E-state index contributed by atoms with van der Waals surface area (Å²) < 4.78 is 0. The molecule has 6 heteroatoms. The Morgan fingerprint density at radius 2 is 2.12 bits per heavy atom. The Kier molecular flexibility index (Phi) is 3.73. The summed E-state index contributed by atoms with van der Waals surface area (Å²) in [5.74, 6) is 2.04. The number of hydrogen-bond donors (Lipinski definition) is 2. The SMILES string of the molecule is Cc1c(N)nc(C2CSC(C)C(C)S2)[nH]c1=O. The molecular weight excluding hydrogens is 254 g/mol. The number of aromatic amines is 1. The first kappa shape index (κ1) is 12.8. The lowest BCUT2D eigenvalue weighted by Crippen LogP contribution is -2.25. The molecule has 0 spiro atoms. The number of nitrogens with zero attached hydrogens (tertiary/aromatic N) is 1. The average Bonchev–Trinajstić information content (AvgIpc) is 2.29. The van der Waals surface area contributed by atoms with Gasteiger partial charge in [-0.1, -0.05) is 13.8 Å². The third-order valence-corrected chi connectivity index (χ3v) is 6.46. The molecule has 0 amide bonds. The van der Waals surface area contributed by atoms with Crippen LogP contribution in [-0.2, 0) is 0 Å². The van der Waals surface area contributed by atoms with Crippen LogP contribution >= 0.6 is 23.5 Å². The van der Waals surface area contributed by atoms with Crippen LogP contribution in [0.15, 0.2) is 4.79 Å². The van der Waals surface area contributed by atoms with Crippen LogP contribution in [-0.4, -0.2) is 26.2 Å². The van der Waals surface area contributed by atoms with E-state index in [1.54, 1.807) is 6.92 Å². The fraction of sp³-hybridized carbons (Fsp3) is 0.636. The van der Waals surface area contributed by atoms with Gasteiger partial charge < -0.3 is 10.7 Å². The van der Waals surface area contributed by atoms with E-state index in [-0.39, 0.29) is 10.8 Å². The fourth-order valence-electron chi connectivity index (χ4n) is 1.65. The molecule has 94 valence electrons. The highest BCUT2D eigenvalue weighted by atomic mass is 32.2. The largest absolute Gasteiger partial charge is 0.383 e. The molecule has 0 aromatic carbocycles. The number of hydrogen-bond acceptors (Lipinski definition) is 5. The zero-order chi connectivity index (χ0) is 12.6. The minimum atomic E-state index is -0.121. The van der Waals surface area contributed by atoms with Crippen LogP contribution in [0, 0.1) is 6.92 Å². The van der Waals surface area contributed by atoms with Gasteiger partial charge in [0.1, 0.15) is 11.6 Å². The first-order valence-electron chi connectivity index (χ1n) is 5.62. The summed E-state index contributed by atoms with van der Waals surface area (Å²) >= 11 is 3.78. The van der Waals surface area contributed by atoms with E-state index in [2.05, 4.69) is 23.8 Å². The van der Waals surface area contributed by atoms with E-state index in [4.69, 9.17) is 5.73 Å². The number of anilines is 1. The molecule has 1 fully saturated rings. The second-order valence-electron chi connectivity index (χ2n) is 4.33. The molecule has 0 aliphatic carbocycles. The number of rotatable bonds is 1. The molecule has 1 saturated heterocycles. The molecule has 0 saturated carbocycles. The van der Waals surface area contributed by atoms with Crippen LogP contribution in [0.1, 0.15) is 30.5 Å². The highest BCUT2D eigenvalue weighted by Gasteiger charge is 2.28. The van der Waals surface area contributed by atoms with Crippen LogP contribution in [0.4, 0.5) is 5.82 Å². The van der Waals surface area contributed by atoms with Crippen molar-refractivity contribution in [1.29, 1.82) is 0 Å². The zero-order valence-electron chi connectivity index (χ0n) is 10.2. The second kappa shape index (κ2) is 4.94. The van der Waals surface area contributed by atoms with E-state index < -0.39 is 0 Å². The maximum Gasteiger partial charge on any atom is 0.255 e. The number of thioether (sulfide) groups is 2. The summed E-state index contributed by atoms with van der Waals surface area (Å²) in [6.07, 6.45) is 0. The molecule has 1 aromatic heterocycles. The predicted molar refractivity (Wildman–Crippen MR) is 75.7 cm³/mol. The summed E-state index contributed by atoms with van der Waals surface area (Å²) in [7, 11) is 0. The van der Waals surface area contributed by atoms with Crippen molar-refractivity contribution in [3.8, 4) is 0 Å². The van der Waals surface area contributed by atoms with E-state index in [0.717, 1.165) is 5.75 Å². The third-order valence-electron chi connectivity index (χ3n) is 3.06.